The third-order valence-electron chi connectivity index (χ3n) is 2.21. The number of nitrogens with zero attached hydrogens (tertiary/aromatic N) is 2. The van der Waals surface area contributed by atoms with Gasteiger partial charge in [0.25, 0.3) is 12.0 Å². The summed E-state index contributed by atoms with van der Waals surface area (Å²) < 4.78 is 25.3. The van der Waals surface area contributed by atoms with Crippen LogP contribution in [0, 0.1) is 0 Å². The summed E-state index contributed by atoms with van der Waals surface area (Å²) in [6, 6.07) is 0. The van der Waals surface area contributed by atoms with Gasteiger partial charge in [-0.15, -0.1) is 0 Å². The van der Waals surface area contributed by atoms with Crippen molar-refractivity contribution in [2.24, 2.45) is 0 Å². The molecule has 0 aromatic carbocycles. The number of rotatable bonds is 6. The van der Waals surface area contributed by atoms with Gasteiger partial charge < -0.3 is 10.4 Å². The molecule has 0 amide bonds. The molecule has 1 heterocycles. The van der Waals surface area contributed by atoms with Crippen LogP contribution in [0.3, 0.4) is 0 Å². The average molecular weight is 282 g/mol. The Balaban J connectivity index is 2.79. The van der Waals surface area contributed by atoms with E-state index in [1.165, 1.54) is 10.9 Å². The molecule has 0 saturated carbocycles. The van der Waals surface area contributed by atoms with Gasteiger partial charge in [0.1, 0.15) is 11.1 Å². The quantitative estimate of drug-likeness (QED) is 0.826. The fourth-order valence-corrected chi connectivity index (χ4v) is 1.48. The maximum Gasteiger partial charge on any atom is 0.287 e. The van der Waals surface area contributed by atoms with Gasteiger partial charge in [0.15, 0.2) is 0 Å². The molecule has 8 heteroatoms. The van der Waals surface area contributed by atoms with Crippen LogP contribution in [0.2, 0.25) is 5.02 Å². The summed E-state index contributed by atoms with van der Waals surface area (Å²) in [5.41, 5.74) is -0.358. The molecule has 0 aliphatic heterocycles. The molecule has 2 N–H and O–H groups in total. The highest BCUT2D eigenvalue weighted by Crippen LogP contribution is 2.15. The van der Waals surface area contributed by atoms with Crippen molar-refractivity contribution >= 4 is 17.3 Å². The topological polar surface area (TPSA) is 67.2 Å². The Hall–Kier alpha value is -1.21. The van der Waals surface area contributed by atoms with Crippen molar-refractivity contribution in [3.8, 4) is 0 Å². The summed E-state index contributed by atoms with van der Waals surface area (Å²) >= 11 is 5.79. The second kappa shape index (κ2) is 6.65. The largest absolute Gasteiger partial charge is 0.385 e. The lowest BCUT2D eigenvalue weighted by atomic mass is 10.3. The van der Waals surface area contributed by atoms with E-state index in [9.17, 15) is 13.6 Å². The molecule has 0 aliphatic carbocycles. The minimum absolute atomic E-state index is 0.125. The standard InChI is InChI=1S/C10H14ClF2N3O2/c1-2-3-16-10(18)8(11)6(4-15-16)14-5-7(17)9(12)13/h4,7,9,14,17H,2-3,5H2,1H3. The first-order valence-corrected chi connectivity index (χ1v) is 5.80. The van der Waals surface area contributed by atoms with Crippen molar-refractivity contribution in [1.82, 2.24) is 9.78 Å². The SMILES string of the molecule is CCCn1ncc(NCC(O)C(F)F)c(Cl)c1=O. The van der Waals surface area contributed by atoms with Crippen molar-refractivity contribution in [2.75, 3.05) is 11.9 Å². The Bertz CT molecular complexity index is 453. The fourth-order valence-electron chi connectivity index (χ4n) is 1.26. The molecular formula is C10H14ClF2N3O2. The molecule has 18 heavy (non-hydrogen) atoms. The maximum atomic E-state index is 12.1. The highest BCUT2D eigenvalue weighted by Gasteiger charge is 2.17. The van der Waals surface area contributed by atoms with E-state index in [0.29, 0.717) is 6.54 Å². The van der Waals surface area contributed by atoms with Crippen LogP contribution >= 0.6 is 11.6 Å². The highest BCUT2D eigenvalue weighted by molar-refractivity contribution is 6.32. The smallest absolute Gasteiger partial charge is 0.287 e. The van der Waals surface area contributed by atoms with Gasteiger partial charge in [0, 0.05) is 13.1 Å². The Kier molecular flexibility index (Phi) is 5.49. The number of nitrogens with one attached hydrogen (secondary N) is 1. The second-order valence-corrected chi connectivity index (χ2v) is 4.06. The zero-order valence-corrected chi connectivity index (χ0v) is 10.5. The van der Waals surface area contributed by atoms with E-state index in [2.05, 4.69) is 10.4 Å². The summed E-state index contributed by atoms with van der Waals surface area (Å²) in [6.07, 6.45) is -2.68. The molecule has 5 nitrogen and oxygen atoms in total. The Morgan fingerprint density at radius 3 is 2.83 bits per heavy atom. The van der Waals surface area contributed by atoms with Crippen LogP contribution in [0.4, 0.5) is 14.5 Å². The number of aromatic nitrogens is 2. The van der Waals surface area contributed by atoms with Crippen molar-refractivity contribution < 1.29 is 13.9 Å². The fraction of sp³-hybridized carbons (Fsp3) is 0.600. The zero-order chi connectivity index (χ0) is 13.7. The highest BCUT2D eigenvalue weighted by atomic mass is 35.5. The second-order valence-electron chi connectivity index (χ2n) is 3.68. The van der Waals surface area contributed by atoms with Crippen LogP contribution in [-0.2, 0) is 6.54 Å². The number of halogens is 3. The van der Waals surface area contributed by atoms with Crippen LogP contribution in [0.15, 0.2) is 11.0 Å². The predicted molar refractivity (Wildman–Crippen MR) is 64.3 cm³/mol. The maximum absolute atomic E-state index is 12.1. The first-order valence-electron chi connectivity index (χ1n) is 5.43. The third-order valence-corrected chi connectivity index (χ3v) is 2.58. The normalized spacial score (nSPS) is 12.8. The average Bonchev–Trinajstić information content (AvgIpc) is 2.33. The Morgan fingerprint density at radius 1 is 1.61 bits per heavy atom. The van der Waals surface area contributed by atoms with Gasteiger partial charge in [-0.2, -0.15) is 5.10 Å². The summed E-state index contributed by atoms with van der Waals surface area (Å²) in [6.45, 7) is 1.90. The van der Waals surface area contributed by atoms with Gasteiger partial charge in [0.05, 0.1) is 11.9 Å². The molecule has 102 valence electrons. The van der Waals surface area contributed by atoms with Gasteiger partial charge in [-0.3, -0.25) is 4.79 Å². The molecular weight excluding hydrogens is 268 g/mol. The number of aliphatic hydroxyl groups is 1. The Morgan fingerprint density at radius 2 is 2.28 bits per heavy atom. The summed E-state index contributed by atoms with van der Waals surface area (Å²) in [5, 5.41) is 15.1. The summed E-state index contributed by atoms with van der Waals surface area (Å²) in [5.74, 6) is 0. The van der Waals surface area contributed by atoms with E-state index in [1.807, 2.05) is 6.92 Å². The lowest BCUT2D eigenvalue weighted by Gasteiger charge is -2.13. The van der Waals surface area contributed by atoms with Crippen LogP contribution < -0.4 is 10.9 Å². The van der Waals surface area contributed by atoms with Gasteiger partial charge in [-0.1, -0.05) is 18.5 Å². The lowest BCUT2D eigenvalue weighted by Crippen LogP contribution is -2.29. The van der Waals surface area contributed by atoms with E-state index in [1.54, 1.807) is 0 Å². The minimum atomic E-state index is -2.86. The molecule has 1 aromatic heterocycles. The molecule has 0 spiro atoms. The molecule has 0 fully saturated rings. The number of aryl methyl sites for hydroxylation is 1. The number of hydrogen-bond donors (Lipinski definition) is 2. The molecule has 1 rings (SSSR count). The van der Waals surface area contributed by atoms with E-state index >= 15 is 0 Å². The molecule has 1 aromatic rings. The predicted octanol–water partition coefficient (Wildman–Crippen LogP) is 1.34. The van der Waals surface area contributed by atoms with Crippen LogP contribution in [0.25, 0.3) is 0 Å². The summed E-state index contributed by atoms with van der Waals surface area (Å²) in [4.78, 5) is 11.7. The van der Waals surface area contributed by atoms with Crippen molar-refractivity contribution in [2.45, 2.75) is 32.4 Å². The monoisotopic (exact) mass is 281 g/mol. The first kappa shape index (κ1) is 14.8. The number of anilines is 1. The molecule has 0 radical (unpaired) electrons. The lowest BCUT2D eigenvalue weighted by molar-refractivity contribution is 0.00384. The van der Waals surface area contributed by atoms with Crippen molar-refractivity contribution in [1.29, 1.82) is 0 Å². The van der Waals surface area contributed by atoms with Gasteiger partial charge in [0.2, 0.25) is 0 Å². The van der Waals surface area contributed by atoms with E-state index in [4.69, 9.17) is 16.7 Å². The zero-order valence-electron chi connectivity index (χ0n) is 9.74. The van der Waals surface area contributed by atoms with Gasteiger partial charge >= 0.3 is 0 Å². The van der Waals surface area contributed by atoms with Gasteiger partial charge in [-0.25, -0.2) is 13.5 Å². The van der Waals surface area contributed by atoms with Crippen LogP contribution in [0.1, 0.15) is 13.3 Å². The minimum Gasteiger partial charge on any atom is -0.385 e. The van der Waals surface area contributed by atoms with Crippen molar-refractivity contribution in [3.63, 3.8) is 0 Å². The first-order chi connectivity index (χ1) is 8.47. The molecule has 0 bridgehead atoms. The molecule has 1 atom stereocenters. The molecule has 0 aliphatic rings. The molecule has 1 unspecified atom stereocenters. The van der Waals surface area contributed by atoms with Gasteiger partial charge in [-0.05, 0) is 6.42 Å². The van der Waals surface area contributed by atoms with Crippen LogP contribution in [0.5, 0.6) is 0 Å². The number of alkyl halides is 2. The van der Waals surface area contributed by atoms with Crippen LogP contribution in [-0.4, -0.2) is 34.0 Å². The van der Waals surface area contributed by atoms with E-state index in [0.717, 1.165) is 6.42 Å². The molecule has 0 saturated heterocycles. The van der Waals surface area contributed by atoms with E-state index in [-0.39, 0.29) is 10.7 Å². The third kappa shape index (κ3) is 3.64. The number of aliphatic hydroxyl groups excluding tert-OH is 1. The summed E-state index contributed by atoms with van der Waals surface area (Å²) in [7, 11) is 0. The van der Waals surface area contributed by atoms with E-state index < -0.39 is 24.6 Å². The Labute approximate surface area is 107 Å². The van der Waals surface area contributed by atoms with Crippen molar-refractivity contribution in [3.05, 3.63) is 21.6 Å². The number of hydrogen-bond acceptors (Lipinski definition) is 4.